The molecule has 0 unspecified atom stereocenters. The van der Waals surface area contributed by atoms with E-state index in [1.807, 2.05) is 21.0 Å². The van der Waals surface area contributed by atoms with Gasteiger partial charge in [0.1, 0.15) is 6.04 Å². The lowest BCUT2D eigenvalue weighted by Gasteiger charge is -2.16. The van der Waals surface area contributed by atoms with Gasteiger partial charge >= 0.3 is 0 Å². The number of nitrogens with two attached hydrogens (primary N) is 1. The Labute approximate surface area is 128 Å². The molecule has 0 saturated heterocycles. The van der Waals surface area contributed by atoms with Crippen molar-refractivity contribution < 1.29 is 4.79 Å². The first kappa shape index (κ1) is 15.7. The molecule has 22 heavy (non-hydrogen) atoms. The molecule has 1 atom stereocenters. The highest BCUT2D eigenvalue weighted by Gasteiger charge is 2.18. The third-order valence-electron chi connectivity index (χ3n) is 3.04. The Hall–Kier alpha value is -2.71. The van der Waals surface area contributed by atoms with E-state index in [1.54, 1.807) is 28.0 Å². The monoisotopic (exact) mass is 304 g/mol. The molecule has 3 N–H and O–H groups in total. The molecule has 0 aromatic carbocycles. The predicted octanol–water partition coefficient (Wildman–Crippen LogP) is -0.0162. The smallest absolute Gasteiger partial charge is 0.245 e. The van der Waals surface area contributed by atoms with Gasteiger partial charge in [-0.15, -0.1) is 0 Å². The Kier molecular flexibility index (Phi) is 4.87. The number of nitrogen functional groups attached to an aromatic ring is 1. The van der Waals surface area contributed by atoms with Gasteiger partial charge in [-0.25, -0.2) is 0 Å². The first-order valence-corrected chi connectivity index (χ1v) is 6.95. The molecule has 2 aromatic heterocycles. The van der Waals surface area contributed by atoms with Gasteiger partial charge in [0.05, 0.1) is 6.54 Å². The molecule has 0 aliphatic carbocycles. The van der Waals surface area contributed by atoms with Crippen molar-refractivity contribution in [3.8, 4) is 0 Å². The summed E-state index contributed by atoms with van der Waals surface area (Å²) in [5.41, 5.74) is 5.65. The van der Waals surface area contributed by atoms with E-state index in [2.05, 4.69) is 25.4 Å². The first-order valence-electron chi connectivity index (χ1n) is 6.95. The zero-order valence-corrected chi connectivity index (χ0v) is 12.9. The predicted molar refractivity (Wildman–Crippen MR) is 82.0 cm³/mol. The lowest BCUT2D eigenvalue weighted by atomic mass is 10.2. The fourth-order valence-electron chi connectivity index (χ4n) is 1.95. The number of nitrogens with one attached hydrogen (secondary N) is 1. The molecule has 9 nitrogen and oxygen atoms in total. The fraction of sp³-hybridized carbons (Fsp3) is 0.462. The van der Waals surface area contributed by atoms with E-state index in [0.717, 1.165) is 0 Å². The third kappa shape index (κ3) is 3.68. The van der Waals surface area contributed by atoms with Crippen molar-refractivity contribution in [2.24, 2.45) is 0 Å². The number of anilines is 2. The average Bonchev–Trinajstić information content (AvgIpc) is 2.99. The van der Waals surface area contributed by atoms with Crippen molar-refractivity contribution in [3.05, 3.63) is 24.3 Å². The highest BCUT2D eigenvalue weighted by molar-refractivity contribution is 5.80. The topological polar surface area (TPSA) is 115 Å². The summed E-state index contributed by atoms with van der Waals surface area (Å²) in [7, 11) is 3.62. The Balaban J connectivity index is 2.04. The molecule has 2 aromatic rings. The van der Waals surface area contributed by atoms with Crippen LogP contribution in [-0.2, 0) is 11.3 Å². The minimum atomic E-state index is -0.359. The summed E-state index contributed by atoms with van der Waals surface area (Å²) in [5, 5.41) is 6.91. The SMILES string of the molecule is CC[C@H](C(=O)NCc1nc(N)nc(N(C)C)n1)n1cccn1. The molecule has 0 aliphatic heterocycles. The molecule has 1 amide bonds. The van der Waals surface area contributed by atoms with E-state index in [1.165, 1.54) is 0 Å². The molecule has 2 rings (SSSR count). The molecular formula is C13H20N8O. The standard InChI is InChI=1S/C13H20N8O/c1-4-9(21-7-5-6-16-21)11(22)15-8-10-17-12(14)19-13(18-10)20(2)3/h5-7,9H,4,8H2,1-3H3,(H,15,22)(H2,14,17,18,19)/t9-/m1/s1. The lowest BCUT2D eigenvalue weighted by Crippen LogP contribution is -2.33. The summed E-state index contributed by atoms with van der Waals surface area (Å²) in [4.78, 5) is 26.3. The molecular weight excluding hydrogens is 284 g/mol. The minimum Gasteiger partial charge on any atom is -0.368 e. The molecule has 0 bridgehead atoms. The number of nitrogens with zero attached hydrogens (tertiary/aromatic N) is 6. The van der Waals surface area contributed by atoms with E-state index in [0.29, 0.717) is 18.2 Å². The number of amides is 1. The van der Waals surface area contributed by atoms with Crippen molar-refractivity contribution in [3.63, 3.8) is 0 Å². The number of aromatic nitrogens is 5. The second-order valence-corrected chi connectivity index (χ2v) is 4.93. The van der Waals surface area contributed by atoms with E-state index in [9.17, 15) is 4.79 Å². The normalized spacial score (nSPS) is 12.0. The molecule has 9 heteroatoms. The largest absolute Gasteiger partial charge is 0.368 e. The zero-order valence-electron chi connectivity index (χ0n) is 12.9. The third-order valence-corrected chi connectivity index (χ3v) is 3.04. The van der Waals surface area contributed by atoms with Crippen LogP contribution in [0.3, 0.4) is 0 Å². The van der Waals surface area contributed by atoms with Gasteiger partial charge in [0.2, 0.25) is 17.8 Å². The highest BCUT2D eigenvalue weighted by atomic mass is 16.2. The first-order chi connectivity index (χ1) is 10.5. The van der Waals surface area contributed by atoms with Crippen LogP contribution in [0.5, 0.6) is 0 Å². The van der Waals surface area contributed by atoms with E-state index >= 15 is 0 Å². The Morgan fingerprint density at radius 3 is 2.77 bits per heavy atom. The maximum Gasteiger partial charge on any atom is 0.245 e. The lowest BCUT2D eigenvalue weighted by molar-refractivity contribution is -0.124. The summed E-state index contributed by atoms with van der Waals surface area (Å²) >= 11 is 0. The van der Waals surface area contributed by atoms with Gasteiger partial charge in [-0.2, -0.15) is 20.1 Å². The van der Waals surface area contributed by atoms with Crippen LogP contribution >= 0.6 is 0 Å². The van der Waals surface area contributed by atoms with Crippen LogP contribution in [0.2, 0.25) is 0 Å². The molecule has 0 saturated carbocycles. The van der Waals surface area contributed by atoms with Crippen LogP contribution < -0.4 is 16.0 Å². The number of carbonyl (C=O) groups is 1. The molecule has 118 valence electrons. The molecule has 0 fully saturated rings. The van der Waals surface area contributed by atoms with Gasteiger partial charge in [-0.1, -0.05) is 6.92 Å². The Bertz CT molecular complexity index is 625. The summed E-state index contributed by atoms with van der Waals surface area (Å²) in [6, 6.07) is 1.42. The summed E-state index contributed by atoms with van der Waals surface area (Å²) in [5.74, 6) is 0.856. The number of carbonyl (C=O) groups excluding carboxylic acids is 1. The molecule has 0 spiro atoms. The van der Waals surface area contributed by atoms with Crippen molar-refractivity contribution in [2.45, 2.75) is 25.9 Å². The quantitative estimate of drug-likeness (QED) is 0.770. The molecule has 0 aliphatic rings. The highest BCUT2D eigenvalue weighted by Crippen LogP contribution is 2.10. The zero-order chi connectivity index (χ0) is 16.1. The second kappa shape index (κ2) is 6.83. The van der Waals surface area contributed by atoms with Gasteiger partial charge in [0.25, 0.3) is 0 Å². The van der Waals surface area contributed by atoms with Crippen LogP contribution in [0, 0.1) is 0 Å². The van der Waals surface area contributed by atoms with E-state index < -0.39 is 0 Å². The average molecular weight is 304 g/mol. The van der Waals surface area contributed by atoms with E-state index in [-0.39, 0.29) is 24.4 Å². The second-order valence-electron chi connectivity index (χ2n) is 4.93. The summed E-state index contributed by atoms with van der Waals surface area (Å²) in [6.07, 6.45) is 4.04. The minimum absolute atomic E-state index is 0.127. The van der Waals surface area contributed by atoms with Crippen molar-refractivity contribution in [2.75, 3.05) is 24.7 Å². The van der Waals surface area contributed by atoms with Gasteiger partial charge in [-0.05, 0) is 12.5 Å². The summed E-state index contributed by atoms with van der Waals surface area (Å²) in [6.45, 7) is 2.11. The van der Waals surface area contributed by atoms with Crippen LogP contribution in [0.25, 0.3) is 0 Å². The number of hydrogen-bond acceptors (Lipinski definition) is 7. The molecule has 0 radical (unpaired) electrons. The van der Waals surface area contributed by atoms with Crippen molar-refractivity contribution in [1.82, 2.24) is 30.0 Å². The van der Waals surface area contributed by atoms with Crippen LogP contribution in [-0.4, -0.2) is 44.7 Å². The molecule has 2 heterocycles. The maximum absolute atomic E-state index is 12.3. The van der Waals surface area contributed by atoms with Gasteiger partial charge in [0.15, 0.2) is 5.82 Å². The number of hydrogen-bond donors (Lipinski definition) is 2. The van der Waals surface area contributed by atoms with Gasteiger partial charge in [-0.3, -0.25) is 9.48 Å². The Morgan fingerprint density at radius 2 is 2.18 bits per heavy atom. The Morgan fingerprint density at radius 1 is 1.41 bits per heavy atom. The summed E-state index contributed by atoms with van der Waals surface area (Å²) < 4.78 is 1.63. The van der Waals surface area contributed by atoms with Crippen LogP contribution in [0.15, 0.2) is 18.5 Å². The fourth-order valence-corrected chi connectivity index (χ4v) is 1.95. The van der Waals surface area contributed by atoms with Crippen molar-refractivity contribution >= 4 is 17.8 Å². The van der Waals surface area contributed by atoms with Gasteiger partial charge < -0.3 is 16.0 Å². The maximum atomic E-state index is 12.3. The van der Waals surface area contributed by atoms with Crippen molar-refractivity contribution in [1.29, 1.82) is 0 Å². The van der Waals surface area contributed by atoms with Crippen LogP contribution in [0.1, 0.15) is 25.2 Å². The van der Waals surface area contributed by atoms with E-state index in [4.69, 9.17) is 5.73 Å². The number of rotatable bonds is 6. The van der Waals surface area contributed by atoms with Crippen LogP contribution in [0.4, 0.5) is 11.9 Å². The van der Waals surface area contributed by atoms with Gasteiger partial charge in [0, 0.05) is 26.5 Å².